The molecule has 0 amide bonds. The van der Waals surface area contributed by atoms with Gasteiger partial charge in [0.2, 0.25) is 0 Å². The Balaban J connectivity index is 2.14. The van der Waals surface area contributed by atoms with Crippen LogP contribution >= 0.6 is 0 Å². The summed E-state index contributed by atoms with van der Waals surface area (Å²) in [4.78, 5) is 13.6. The molecule has 1 aliphatic rings. The number of carbonyl (C=O) groups is 1. The molecule has 0 unspecified atom stereocenters. The minimum atomic E-state index is 0.0633. The average molecular weight is 285 g/mol. The Morgan fingerprint density at radius 2 is 2.10 bits per heavy atom. The average Bonchev–Trinajstić information content (AvgIpc) is 3.29. The van der Waals surface area contributed by atoms with Gasteiger partial charge in [-0.15, -0.1) is 0 Å². The second-order valence-corrected chi connectivity index (χ2v) is 5.34. The molecular formula is C16H19N3O2. The normalized spacial score (nSPS) is 14.2. The molecule has 0 atom stereocenters. The van der Waals surface area contributed by atoms with E-state index in [1.54, 1.807) is 0 Å². The maximum atomic E-state index is 11.5. The van der Waals surface area contributed by atoms with E-state index in [0.29, 0.717) is 23.8 Å². The van der Waals surface area contributed by atoms with Crippen molar-refractivity contribution >= 4 is 12.1 Å². The minimum absolute atomic E-state index is 0.0633. The number of rotatable bonds is 6. The van der Waals surface area contributed by atoms with Crippen LogP contribution in [0.4, 0.5) is 5.82 Å². The van der Waals surface area contributed by atoms with Crippen LogP contribution in [-0.2, 0) is 0 Å². The van der Waals surface area contributed by atoms with Gasteiger partial charge in [0.15, 0.2) is 6.29 Å². The predicted octanol–water partition coefficient (Wildman–Crippen LogP) is 1.95. The van der Waals surface area contributed by atoms with E-state index in [4.69, 9.17) is 0 Å². The van der Waals surface area contributed by atoms with Gasteiger partial charge in [0.05, 0.1) is 23.6 Å². The number of nitrogens with zero attached hydrogens (tertiary/aromatic N) is 3. The summed E-state index contributed by atoms with van der Waals surface area (Å²) >= 11 is 0. The van der Waals surface area contributed by atoms with E-state index in [9.17, 15) is 9.90 Å². The number of benzene rings is 1. The highest BCUT2D eigenvalue weighted by molar-refractivity contribution is 5.85. The molecule has 0 spiro atoms. The molecule has 110 valence electrons. The number of para-hydroxylation sites is 1. The van der Waals surface area contributed by atoms with E-state index in [2.05, 4.69) is 10.00 Å². The van der Waals surface area contributed by atoms with Crippen LogP contribution in [0.2, 0.25) is 0 Å². The molecule has 1 aromatic heterocycles. The van der Waals surface area contributed by atoms with Crippen LogP contribution in [0.3, 0.4) is 0 Å². The highest BCUT2D eigenvalue weighted by Crippen LogP contribution is 2.35. The Bertz CT molecular complexity index is 632. The Kier molecular flexibility index (Phi) is 3.75. The fourth-order valence-corrected chi connectivity index (χ4v) is 2.65. The lowest BCUT2D eigenvalue weighted by atomic mass is 10.2. The second kappa shape index (κ2) is 5.69. The van der Waals surface area contributed by atoms with Gasteiger partial charge >= 0.3 is 0 Å². The van der Waals surface area contributed by atoms with Gasteiger partial charge in [-0.2, -0.15) is 5.10 Å². The largest absolute Gasteiger partial charge is 0.395 e. The number of aliphatic hydroxyl groups is 1. The van der Waals surface area contributed by atoms with Gasteiger partial charge in [-0.1, -0.05) is 18.2 Å². The van der Waals surface area contributed by atoms with Gasteiger partial charge in [-0.3, -0.25) is 4.79 Å². The van der Waals surface area contributed by atoms with Gasteiger partial charge in [0, 0.05) is 12.6 Å². The highest BCUT2D eigenvalue weighted by Gasteiger charge is 2.33. The number of aliphatic hydroxyl groups excluding tert-OH is 1. The van der Waals surface area contributed by atoms with E-state index < -0.39 is 0 Å². The van der Waals surface area contributed by atoms with Gasteiger partial charge in [-0.25, -0.2) is 4.68 Å². The maximum absolute atomic E-state index is 11.5. The summed E-state index contributed by atoms with van der Waals surface area (Å²) in [6.07, 6.45) is 3.05. The molecule has 3 rings (SSSR count). The van der Waals surface area contributed by atoms with Crippen molar-refractivity contribution in [1.82, 2.24) is 9.78 Å². The van der Waals surface area contributed by atoms with Crippen molar-refractivity contribution in [3.8, 4) is 5.69 Å². The molecular weight excluding hydrogens is 266 g/mol. The molecule has 1 heterocycles. The predicted molar refractivity (Wildman–Crippen MR) is 81.1 cm³/mol. The molecule has 1 aliphatic carbocycles. The van der Waals surface area contributed by atoms with E-state index >= 15 is 0 Å². The number of aryl methyl sites for hydroxylation is 1. The smallest absolute Gasteiger partial charge is 0.155 e. The zero-order chi connectivity index (χ0) is 14.8. The third-order valence-corrected chi connectivity index (χ3v) is 3.80. The van der Waals surface area contributed by atoms with E-state index in [1.807, 2.05) is 41.9 Å². The van der Waals surface area contributed by atoms with Crippen molar-refractivity contribution in [1.29, 1.82) is 0 Å². The third-order valence-electron chi connectivity index (χ3n) is 3.80. The number of aldehydes is 1. The number of aromatic nitrogens is 2. The summed E-state index contributed by atoms with van der Waals surface area (Å²) < 4.78 is 1.81. The van der Waals surface area contributed by atoms with Crippen LogP contribution < -0.4 is 4.90 Å². The summed E-state index contributed by atoms with van der Waals surface area (Å²) in [5.74, 6) is 0.797. The standard InChI is InChI=1S/C16H19N3O2/c1-12-15(11-21)16(18(9-10-20)13-7-8-13)19(17-12)14-5-3-2-4-6-14/h2-6,11,13,20H,7-10H2,1H3. The van der Waals surface area contributed by atoms with Crippen molar-refractivity contribution in [2.24, 2.45) is 0 Å². The summed E-state index contributed by atoms with van der Waals surface area (Å²) in [6, 6.07) is 10.2. The first kappa shape index (κ1) is 13.8. The zero-order valence-corrected chi connectivity index (χ0v) is 12.1. The van der Waals surface area contributed by atoms with Crippen LogP contribution in [-0.4, -0.2) is 40.4 Å². The first-order valence-corrected chi connectivity index (χ1v) is 7.24. The number of hydrogen-bond donors (Lipinski definition) is 1. The quantitative estimate of drug-likeness (QED) is 0.824. The highest BCUT2D eigenvalue weighted by atomic mass is 16.3. The first-order valence-electron chi connectivity index (χ1n) is 7.24. The molecule has 5 nitrogen and oxygen atoms in total. The molecule has 1 aromatic carbocycles. The Hall–Kier alpha value is -2.14. The zero-order valence-electron chi connectivity index (χ0n) is 12.1. The Morgan fingerprint density at radius 1 is 1.38 bits per heavy atom. The summed E-state index contributed by atoms with van der Waals surface area (Å²) in [6.45, 7) is 2.42. The molecule has 0 aliphatic heterocycles. The Morgan fingerprint density at radius 3 is 2.67 bits per heavy atom. The maximum Gasteiger partial charge on any atom is 0.155 e. The number of carbonyl (C=O) groups excluding carboxylic acids is 1. The molecule has 5 heteroatoms. The molecule has 2 aromatic rings. The molecule has 1 fully saturated rings. The molecule has 0 bridgehead atoms. The molecule has 1 N–H and O–H groups in total. The van der Waals surface area contributed by atoms with Gasteiger partial charge in [0.1, 0.15) is 5.82 Å². The van der Waals surface area contributed by atoms with Crippen molar-refractivity contribution in [2.75, 3.05) is 18.1 Å². The lowest BCUT2D eigenvalue weighted by molar-refractivity contribution is 0.112. The van der Waals surface area contributed by atoms with Crippen LogP contribution in [0.15, 0.2) is 30.3 Å². The van der Waals surface area contributed by atoms with Crippen LogP contribution in [0.5, 0.6) is 0 Å². The van der Waals surface area contributed by atoms with Crippen LogP contribution in [0, 0.1) is 6.92 Å². The van der Waals surface area contributed by atoms with Crippen molar-refractivity contribution in [3.63, 3.8) is 0 Å². The van der Waals surface area contributed by atoms with Crippen molar-refractivity contribution < 1.29 is 9.90 Å². The lowest BCUT2D eigenvalue weighted by Gasteiger charge is -2.25. The first-order chi connectivity index (χ1) is 10.3. The summed E-state index contributed by atoms with van der Waals surface area (Å²) in [5, 5.41) is 13.9. The van der Waals surface area contributed by atoms with Crippen LogP contribution in [0.25, 0.3) is 5.69 Å². The molecule has 21 heavy (non-hydrogen) atoms. The monoisotopic (exact) mass is 285 g/mol. The summed E-state index contributed by atoms with van der Waals surface area (Å²) in [5.41, 5.74) is 2.25. The van der Waals surface area contributed by atoms with E-state index in [0.717, 1.165) is 30.6 Å². The summed E-state index contributed by atoms with van der Waals surface area (Å²) in [7, 11) is 0. The van der Waals surface area contributed by atoms with E-state index in [-0.39, 0.29) is 6.61 Å². The molecule has 0 saturated heterocycles. The lowest BCUT2D eigenvalue weighted by Crippen LogP contribution is -2.31. The van der Waals surface area contributed by atoms with Crippen molar-refractivity contribution in [3.05, 3.63) is 41.6 Å². The van der Waals surface area contributed by atoms with Gasteiger partial charge < -0.3 is 10.0 Å². The van der Waals surface area contributed by atoms with E-state index in [1.165, 1.54) is 0 Å². The second-order valence-electron chi connectivity index (χ2n) is 5.34. The Labute approximate surface area is 123 Å². The fraction of sp³-hybridized carbons (Fsp3) is 0.375. The number of hydrogen-bond acceptors (Lipinski definition) is 4. The van der Waals surface area contributed by atoms with Gasteiger partial charge in [-0.05, 0) is 31.9 Å². The van der Waals surface area contributed by atoms with Gasteiger partial charge in [0.25, 0.3) is 0 Å². The minimum Gasteiger partial charge on any atom is -0.395 e. The number of anilines is 1. The third kappa shape index (κ3) is 2.56. The SMILES string of the molecule is Cc1nn(-c2ccccc2)c(N(CCO)C2CC2)c1C=O. The molecule has 0 radical (unpaired) electrons. The topological polar surface area (TPSA) is 58.4 Å². The van der Waals surface area contributed by atoms with Crippen LogP contribution in [0.1, 0.15) is 28.9 Å². The fourth-order valence-electron chi connectivity index (χ4n) is 2.65. The molecule has 1 saturated carbocycles. The van der Waals surface area contributed by atoms with Crippen molar-refractivity contribution in [2.45, 2.75) is 25.8 Å².